The molecule has 3 nitrogen and oxygen atoms in total. The van der Waals surface area contributed by atoms with E-state index in [2.05, 4.69) is 42.5 Å². The first kappa shape index (κ1) is 14.8. The molecule has 0 saturated carbocycles. The van der Waals surface area contributed by atoms with Crippen molar-refractivity contribution >= 4 is 0 Å². The van der Waals surface area contributed by atoms with Gasteiger partial charge >= 0.3 is 0 Å². The van der Waals surface area contributed by atoms with Crippen molar-refractivity contribution in [1.29, 1.82) is 0 Å². The van der Waals surface area contributed by atoms with Gasteiger partial charge in [-0.15, -0.1) is 0 Å². The van der Waals surface area contributed by atoms with Crippen LogP contribution in [0.3, 0.4) is 0 Å². The van der Waals surface area contributed by atoms with Gasteiger partial charge in [0.1, 0.15) is 0 Å². The molecule has 1 atom stereocenters. The molecule has 2 aromatic rings. The van der Waals surface area contributed by atoms with Crippen LogP contribution in [0.4, 0.5) is 0 Å². The summed E-state index contributed by atoms with van der Waals surface area (Å²) in [5.41, 5.74) is 11.4. The van der Waals surface area contributed by atoms with Gasteiger partial charge in [-0.05, 0) is 37.3 Å². The van der Waals surface area contributed by atoms with Crippen LogP contribution in [0.2, 0.25) is 0 Å². The van der Waals surface area contributed by atoms with Gasteiger partial charge in [0.2, 0.25) is 0 Å². The molecule has 1 aliphatic rings. The average molecular weight is 271 g/mol. The predicted octanol–water partition coefficient (Wildman–Crippen LogP) is 3.10. The fraction of sp³-hybridized carbons (Fsp3) is 0.471. The molecule has 0 saturated heterocycles. The molecule has 20 heavy (non-hydrogen) atoms. The minimum Gasteiger partial charge on any atom is -0.321 e. The molecule has 0 amide bonds. The first-order valence-electron chi connectivity index (χ1n) is 7.44. The van der Waals surface area contributed by atoms with Crippen LogP contribution in [0.25, 0.3) is 0 Å². The molecule has 1 aromatic carbocycles. The standard InChI is InChI=1S/C15H19N3.C2H6/c1-11-4-3-5-13(8-11)15(16)7-6-14-12(9-15)10-18(2)17-14;1-2/h3-5,8,10H,6-7,9,16H2,1-2H3;1-2H3. The molecule has 0 bridgehead atoms. The van der Waals surface area contributed by atoms with Gasteiger partial charge in [0.15, 0.2) is 0 Å². The third-order valence-corrected chi connectivity index (χ3v) is 3.90. The zero-order valence-electron chi connectivity index (χ0n) is 13.0. The van der Waals surface area contributed by atoms with Gasteiger partial charge in [0.05, 0.1) is 5.69 Å². The van der Waals surface area contributed by atoms with E-state index in [1.807, 2.05) is 25.6 Å². The molecule has 3 heteroatoms. The topological polar surface area (TPSA) is 43.8 Å². The van der Waals surface area contributed by atoms with Crippen LogP contribution in [0.1, 0.15) is 42.7 Å². The summed E-state index contributed by atoms with van der Waals surface area (Å²) in [7, 11) is 1.98. The molecule has 3 rings (SSSR count). The molecule has 0 radical (unpaired) electrons. The van der Waals surface area contributed by atoms with Crippen LogP contribution in [0.5, 0.6) is 0 Å². The van der Waals surface area contributed by atoms with E-state index in [-0.39, 0.29) is 5.54 Å². The lowest BCUT2D eigenvalue weighted by atomic mass is 9.76. The van der Waals surface area contributed by atoms with Gasteiger partial charge in [-0.25, -0.2) is 0 Å². The zero-order valence-corrected chi connectivity index (χ0v) is 13.0. The van der Waals surface area contributed by atoms with Crippen molar-refractivity contribution in [1.82, 2.24) is 9.78 Å². The molecular formula is C17H25N3. The van der Waals surface area contributed by atoms with E-state index < -0.39 is 0 Å². The van der Waals surface area contributed by atoms with Crippen LogP contribution in [-0.4, -0.2) is 9.78 Å². The van der Waals surface area contributed by atoms with Gasteiger partial charge in [0.25, 0.3) is 0 Å². The van der Waals surface area contributed by atoms with E-state index in [9.17, 15) is 0 Å². The summed E-state index contributed by atoms with van der Waals surface area (Å²) >= 11 is 0. The zero-order chi connectivity index (χ0) is 14.8. The lowest BCUT2D eigenvalue weighted by Crippen LogP contribution is -2.42. The van der Waals surface area contributed by atoms with E-state index in [4.69, 9.17) is 5.73 Å². The number of aromatic nitrogens is 2. The van der Waals surface area contributed by atoms with E-state index in [0.717, 1.165) is 19.3 Å². The maximum atomic E-state index is 6.64. The minimum atomic E-state index is -0.234. The smallest absolute Gasteiger partial charge is 0.0658 e. The molecule has 108 valence electrons. The molecule has 1 unspecified atom stereocenters. The number of nitrogens with zero attached hydrogens (tertiary/aromatic N) is 2. The maximum absolute atomic E-state index is 6.64. The number of benzene rings is 1. The molecule has 0 spiro atoms. The van der Waals surface area contributed by atoms with Crippen LogP contribution in [-0.2, 0) is 25.4 Å². The highest BCUT2D eigenvalue weighted by Crippen LogP contribution is 2.34. The summed E-state index contributed by atoms with van der Waals surface area (Å²) in [5, 5.41) is 4.49. The van der Waals surface area contributed by atoms with Crippen LogP contribution in [0, 0.1) is 6.92 Å². The number of nitrogens with two attached hydrogens (primary N) is 1. The Morgan fingerprint density at radius 3 is 2.75 bits per heavy atom. The van der Waals surface area contributed by atoms with Crippen molar-refractivity contribution in [2.75, 3.05) is 0 Å². The first-order chi connectivity index (χ1) is 9.57. The van der Waals surface area contributed by atoms with Crippen LogP contribution in [0.15, 0.2) is 30.5 Å². The molecule has 2 N–H and O–H groups in total. The van der Waals surface area contributed by atoms with Gasteiger partial charge in [-0.1, -0.05) is 43.7 Å². The Hall–Kier alpha value is -1.61. The highest BCUT2D eigenvalue weighted by atomic mass is 15.3. The average Bonchev–Trinajstić information content (AvgIpc) is 2.80. The Kier molecular flexibility index (Phi) is 4.29. The predicted molar refractivity (Wildman–Crippen MR) is 83.6 cm³/mol. The maximum Gasteiger partial charge on any atom is 0.0658 e. The van der Waals surface area contributed by atoms with Crippen molar-refractivity contribution < 1.29 is 0 Å². The Morgan fingerprint density at radius 1 is 1.30 bits per heavy atom. The Bertz CT molecular complexity index is 586. The molecule has 0 fully saturated rings. The number of fused-ring (bicyclic) bond motifs is 1. The van der Waals surface area contributed by atoms with Gasteiger partial charge in [0, 0.05) is 18.8 Å². The highest BCUT2D eigenvalue weighted by Gasteiger charge is 2.33. The van der Waals surface area contributed by atoms with Gasteiger partial charge in [-0.2, -0.15) is 5.10 Å². The molecule has 1 heterocycles. The molecule has 0 aliphatic heterocycles. The van der Waals surface area contributed by atoms with Gasteiger partial charge in [-0.3, -0.25) is 4.68 Å². The van der Waals surface area contributed by atoms with E-state index >= 15 is 0 Å². The molecule has 1 aliphatic carbocycles. The van der Waals surface area contributed by atoms with Crippen molar-refractivity contribution in [2.45, 2.75) is 45.6 Å². The SMILES string of the molecule is CC.Cc1cccc(C2(N)CCc3nn(C)cc3C2)c1. The summed E-state index contributed by atoms with van der Waals surface area (Å²) in [6.07, 6.45) is 4.94. The summed E-state index contributed by atoms with van der Waals surface area (Å²) < 4.78 is 1.90. The number of rotatable bonds is 1. The van der Waals surface area contributed by atoms with Crippen molar-refractivity contribution in [3.63, 3.8) is 0 Å². The third-order valence-electron chi connectivity index (χ3n) is 3.90. The number of hydrogen-bond acceptors (Lipinski definition) is 2. The van der Waals surface area contributed by atoms with Crippen LogP contribution < -0.4 is 5.73 Å². The fourth-order valence-corrected chi connectivity index (χ4v) is 2.91. The van der Waals surface area contributed by atoms with Gasteiger partial charge < -0.3 is 5.73 Å². The second-order valence-corrected chi connectivity index (χ2v) is 5.48. The quantitative estimate of drug-likeness (QED) is 0.866. The largest absolute Gasteiger partial charge is 0.321 e. The van der Waals surface area contributed by atoms with E-state index in [1.54, 1.807) is 0 Å². The third kappa shape index (κ3) is 2.78. The van der Waals surface area contributed by atoms with Crippen LogP contribution >= 0.6 is 0 Å². The van der Waals surface area contributed by atoms with E-state index in [1.165, 1.54) is 22.4 Å². The van der Waals surface area contributed by atoms with Crippen molar-refractivity contribution in [2.24, 2.45) is 12.8 Å². The fourth-order valence-electron chi connectivity index (χ4n) is 2.91. The number of hydrogen-bond donors (Lipinski definition) is 1. The molecule has 1 aromatic heterocycles. The normalized spacial score (nSPS) is 20.9. The lowest BCUT2D eigenvalue weighted by molar-refractivity contribution is 0.383. The number of aryl methyl sites for hydroxylation is 3. The second kappa shape index (κ2) is 5.80. The van der Waals surface area contributed by atoms with Crippen molar-refractivity contribution in [3.05, 3.63) is 52.8 Å². The minimum absolute atomic E-state index is 0.234. The first-order valence-corrected chi connectivity index (χ1v) is 7.44. The van der Waals surface area contributed by atoms with Crippen molar-refractivity contribution in [3.8, 4) is 0 Å². The summed E-state index contributed by atoms with van der Waals surface area (Å²) in [6.45, 7) is 6.12. The Labute approximate surface area is 121 Å². The summed E-state index contributed by atoms with van der Waals surface area (Å²) in [6, 6.07) is 8.57. The summed E-state index contributed by atoms with van der Waals surface area (Å²) in [4.78, 5) is 0. The second-order valence-electron chi connectivity index (χ2n) is 5.48. The Morgan fingerprint density at radius 2 is 2.05 bits per heavy atom. The molecular weight excluding hydrogens is 246 g/mol. The lowest BCUT2D eigenvalue weighted by Gasteiger charge is -2.33. The Balaban J connectivity index is 0.000000704. The van der Waals surface area contributed by atoms with E-state index in [0.29, 0.717) is 0 Å². The monoisotopic (exact) mass is 271 g/mol. The highest BCUT2D eigenvalue weighted by molar-refractivity contribution is 5.34. The summed E-state index contributed by atoms with van der Waals surface area (Å²) in [5.74, 6) is 0.